The molecule has 1 aliphatic rings. The van der Waals surface area contributed by atoms with Crippen molar-refractivity contribution >= 4 is 39.0 Å². The number of amides is 1. The number of hydrogen-bond acceptors (Lipinski definition) is 6. The molecule has 2 heterocycles. The number of carbonyl (C=O) groups excluding carboxylic acids is 1. The lowest BCUT2D eigenvalue weighted by Crippen LogP contribution is -2.47. The van der Waals surface area contributed by atoms with Crippen molar-refractivity contribution in [3.63, 3.8) is 0 Å². The van der Waals surface area contributed by atoms with Crippen molar-refractivity contribution in [2.24, 2.45) is 0 Å². The van der Waals surface area contributed by atoms with E-state index in [1.807, 2.05) is 12.3 Å². The lowest BCUT2D eigenvalue weighted by molar-refractivity contribution is -0.123. The van der Waals surface area contributed by atoms with E-state index in [-0.39, 0.29) is 16.7 Å². The number of benzene rings is 1. The van der Waals surface area contributed by atoms with Crippen molar-refractivity contribution < 1.29 is 17.6 Å². The van der Waals surface area contributed by atoms with Crippen LogP contribution >= 0.6 is 23.1 Å². The Kier molecular flexibility index (Phi) is 5.96. The lowest BCUT2D eigenvalue weighted by Gasteiger charge is -2.22. The minimum atomic E-state index is -3.85. The van der Waals surface area contributed by atoms with Gasteiger partial charge in [0.15, 0.2) is 0 Å². The van der Waals surface area contributed by atoms with Crippen molar-refractivity contribution in [1.82, 2.24) is 14.6 Å². The Morgan fingerprint density at radius 2 is 2.12 bits per heavy atom. The van der Waals surface area contributed by atoms with Gasteiger partial charge in [-0.05, 0) is 31.2 Å². The summed E-state index contributed by atoms with van der Waals surface area (Å²) in [6, 6.07) is 3.86. The number of aromatic nitrogens is 1. The summed E-state index contributed by atoms with van der Waals surface area (Å²) in [6.45, 7) is 2.31. The second-order valence-corrected chi connectivity index (χ2v) is 9.71. The van der Waals surface area contributed by atoms with Crippen LogP contribution in [0.3, 0.4) is 0 Å². The summed E-state index contributed by atoms with van der Waals surface area (Å²) < 4.78 is 39.8. The molecule has 26 heavy (non-hydrogen) atoms. The lowest BCUT2D eigenvalue weighted by atomic mass is 10.3. The molecule has 1 N–H and O–H groups in total. The summed E-state index contributed by atoms with van der Waals surface area (Å²) >= 11 is 2.93. The molecule has 1 atom stereocenters. The largest absolute Gasteiger partial charge is 0.354 e. The molecule has 0 spiro atoms. The first-order valence-electron chi connectivity index (χ1n) is 7.92. The van der Waals surface area contributed by atoms with E-state index in [1.54, 1.807) is 11.3 Å². The minimum absolute atomic E-state index is 0.0165. The van der Waals surface area contributed by atoms with Gasteiger partial charge in [-0.15, -0.1) is 23.1 Å². The van der Waals surface area contributed by atoms with Crippen LogP contribution in [0.25, 0.3) is 0 Å². The van der Waals surface area contributed by atoms with E-state index in [0.717, 1.165) is 22.8 Å². The predicted molar refractivity (Wildman–Crippen MR) is 100 cm³/mol. The van der Waals surface area contributed by atoms with Gasteiger partial charge in [0.25, 0.3) is 0 Å². The van der Waals surface area contributed by atoms with Crippen LogP contribution in [-0.2, 0) is 21.2 Å². The van der Waals surface area contributed by atoms with Gasteiger partial charge in [-0.2, -0.15) is 4.31 Å². The summed E-state index contributed by atoms with van der Waals surface area (Å²) in [6.07, 6.45) is 0.598. The average molecular weight is 416 g/mol. The summed E-state index contributed by atoms with van der Waals surface area (Å²) in [5.74, 6) is -0.246. The SMILES string of the molecule is Cc1nc(CCNC(=O)[C@H]2CSCN2S(=O)(=O)c2ccc(F)cc2)cs1. The molecule has 0 saturated carbocycles. The maximum absolute atomic E-state index is 13.1. The van der Waals surface area contributed by atoms with Crippen molar-refractivity contribution in [3.05, 3.63) is 46.2 Å². The number of thioether (sulfide) groups is 1. The third kappa shape index (κ3) is 4.25. The molecule has 0 aliphatic carbocycles. The zero-order valence-corrected chi connectivity index (χ0v) is 16.5. The van der Waals surface area contributed by atoms with Crippen LogP contribution in [0.5, 0.6) is 0 Å². The molecule has 0 radical (unpaired) electrons. The molecule has 6 nitrogen and oxygen atoms in total. The number of halogens is 1. The molecule has 1 aliphatic heterocycles. The first kappa shape index (κ1) is 19.3. The molecule has 1 aromatic heterocycles. The van der Waals surface area contributed by atoms with E-state index in [0.29, 0.717) is 18.7 Å². The molecule has 1 fully saturated rings. The van der Waals surface area contributed by atoms with E-state index in [4.69, 9.17) is 0 Å². The molecule has 2 aromatic rings. The predicted octanol–water partition coefficient (Wildman–Crippen LogP) is 2.01. The van der Waals surface area contributed by atoms with Crippen molar-refractivity contribution in [1.29, 1.82) is 0 Å². The first-order valence-corrected chi connectivity index (χ1v) is 11.4. The van der Waals surface area contributed by atoms with E-state index in [9.17, 15) is 17.6 Å². The van der Waals surface area contributed by atoms with Crippen molar-refractivity contribution in [2.45, 2.75) is 24.3 Å². The highest BCUT2D eigenvalue weighted by Crippen LogP contribution is 2.28. The normalized spacial score (nSPS) is 18.2. The van der Waals surface area contributed by atoms with E-state index in [1.165, 1.54) is 28.2 Å². The summed E-state index contributed by atoms with van der Waals surface area (Å²) in [7, 11) is -3.85. The minimum Gasteiger partial charge on any atom is -0.354 e. The monoisotopic (exact) mass is 415 g/mol. The van der Waals surface area contributed by atoms with E-state index < -0.39 is 21.9 Å². The van der Waals surface area contributed by atoms with Gasteiger partial charge >= 0.3 is 0 Å². The standard InChI is InChI=1S/C16H18FN3O3S3/c1-11-19-13(8-25-11)6-7-18-16(21)15-9-24-10-20(15)26(22,23)14-4-2-12(17)3-5-14/h2-5,8,15H,6-7,9-10H2,1H3,(H,18,21)/t15-/m1/s1. The highest BCUT2D eigenvalue weighted by molar-refractivity contribution is 8.00. The van der Waals surface area contributed by atoms with E-state index >= 15 is 0 Å². The van der Waals surface area contributed by atoms with Crippen LogP contribution in [0.4, 0.5) is 4.39 Å². The number of aryl methyl sites for hydroxylation is 1. The third-order valence-corrected chi connectivity index (χ3v) is 7.78. The Labute approximate surface area is 159 Å². The molecular formula is C16H18FN3O3S3. The Balaban J connectivity index is 1.65. The maximum atomic E-state index is 13.1. The highest BCUT2D eigenvalue weighted by Gasteiger charge is 2.39. The Morgan fingerprint density at radius 3 is 2.77 bits per heavy atom. The molecule has 0 unspecified atom stereocenters. The zero-order chi connectivity index (χ0) is 18.7. The molecule has 10 heteroatoms. The van der Waals surface area contributed by atoms with Gasteiger partial charge in [0.1, 0.15) is 11.9 Å². The second kappa shape index (κ2) is 8.03. The quantitative estimate of drug-likeness (QED) is 0.781. The summed E-state index contributed by atoms with van der Waals surface area (Å²) in [5, 5.41) is 5.70. The Hall–Kier alpha value is -1.49. The van der Waals surface area contributed by atoms with Gasteiger partial charge in [-0.3, -0.25) is 4.79 Å². The van der Waals surface area contributed by atoms with E-state index in [2.05, 4.69) is 10.3 Å². The fourth-order valence-corrected chi connectivity index (χ4v) is 6.36. The number of rotatable bonds is 6. The van der Waals surface area contributed by atoms with Gasteiger partial charge in [-0.25, -0.2) is 17.8 Å². The first-order chi connectivity index (χ1) is 12.4. The fraction of sp³-hybridized carbons (Fsp3) is 0.375. The molecule has 140 valence electrons. The maximum Gasteiger partial charge on any atom is 0.244 e. The van der Waals surface area contributed by atoms with Crippen LogP contribution in [0, 0.1) is 12.7 Å². The number of carbonyl (C=O) groups is 1. The van der Waals surface area contributed by atoms with Gasteiger partial charge in [-0.1, -0.05) is 0 Å². The van der Waals surface area contributed by atoms with Crippen molar-refractivity contribution in [3.8, 4) is 0 Å². The van der Waals surface area contributed by atoms with Gasteiger partial charge in [0.2, 0.25) is 15.9 Å². The topological polar surface area (TPSA) is 79.4 Å². The summed E-state index contributed by atoms with van der Waals surface area (Å²) in [5.41, 5.74) is 0.907. The fourth-order valence-electron chi connectivity index (χ4n) is 2.57. The van der Waals surface area contributed by atoms with Gasteiger partial charge in [0, 0.05) is 24.1 Å². The number of nitrogens with one attached hydrogen (secondary N) is 1. The van der Waals surface area contributed by atoms with Gasteiger partial charge in [0.05, 0.1) is 21.5 Å². The molecule has 3 rings (SSSR count). The van der Waals surface area contributed by atoms with Crippen molar-refractivity contribution in [2.75, 3.05) is 18.2 Å². The van der Waals surface area contributed by atoms with Crippen LogP contribution < -0.4 is 5.32 Å². The van der Waals surface area contributed by atoms with Crippen LogP contribution in [-0.4, -0.2) is 47.8 Å². The second-order valence-electron chi connectivity index (χ2n) is 5.76. The number of thiazole rings is 1. The zero-order valence-electron chi connectivity index (χ0n) is 14.0. The molecule has 1 amide bonds. The highest BCUT2D eigenvalue weighted by atomic mass is 32.2. The number of sulfonamides is 1. The molecular weight excluding hydrogens is 397 g/mol. The molecule has 1 saturated heterocycles. The smallest absolute Gasteiger partial charge is 0.244 e. The Bertz CT molecular complexity index is 884. The Morgan fingerprint density at radius 1 is 1.38 bits per heavy atom. The summed E-state index contributed by atoms with van der Waals surface area (Å²) in [4.78, 5) is 16.8. The average Bonchev–Trinajstić information content (AvgIpc) is 3.24. The molecule has 1 aromatic carbocycles. The van der Waals surface area contributed by atoms with Gasteiger partial charge < -0.3 is 5.32 Å². The third-order valence-electron chi connectivity index (χ3n) is 3.91. The van der Waals surface area contributed by atoms with Crippen LogP contribution in [0.1, 0.15) is 10.7 Å². The van der Waals surface area contributed by atoms with Crippen LogP contribution in [0.15, 0.2) is 34.5 Å². The number of nitrogens with zero attached hydrogens (tertiary/aromatic N) is 2. The van der Waals surface area contributed by atoms with Crippen LogP contribution in [0.2, 0.25) is 0 Å². The molecule has 0 bridgehead atoms. The number of hydrogen-bond donors (Lipinski definition) is 1.